The van der Waals surface area contributed by atoms with E-state index >= 15 is 0 Å². The number of phenolic OH excluding ortho intramolecular Hbond substituents is 1. The first-order chi connectivity index (χ1) is 16.0. The minimum absolute atomic E-state index is 0.00996. The lowest BCUT2D eigenvalue weighted by atomic mass is 9.88. The molecule has 0 unspecified atom stereocenters. The van der Waals surface area contributed by atoms with Crippen LogP contribution in [-0.2, 0) is 19.3 Å². The van der Waals surface area contributed by atoms with Crippen LogP contribution in [0.25, 0.3) is 0 Å². The Balaban J connectivity index is 3.51. The Morgan fingerprint density at radius 2 is 1.12 bits per heavy atom. The summed E-state index contributed by atoms with van der Waals surface area (Å²) in [4.78, 5) is 11.5. The molecule has 0 spiro atoms. The van der Waals surface area contributed by atoms with Gasteiger partial charge in [-0.25, -0.2) is 4.79 Å². The van der Waals surface area contributed by atoms with Gasteiger partial charge in [-0.05, 0) is 50.5 Å². The fourth-order valence-corrected chi connectivity index (χ4v) is 4.40. The molecule has 0 heterocycles. The highest BCUT2D eigenvalue weighted by atomic mass is 16.7. The van der Waals surface area contributed by atoms with Crippen LogP contribution >= 0.6 is 0 Å². The third-order valence-electron chi connectivity index (χ3n) is 6.19. The predicted molar refractivity (Wildman–Crippen MR) is 136 cm³/mol. The van der Waals surface area contributed by atoms with Gasteiger partial charge in [-0.1, -0.05) is 85.5 Å². The summed E-state index contributed by atoms with van der Waals surface area (Å²) in [7, 11) is 0. The summed E-state index contributed by atoms with van der Waals surface area (Å²) >= 11 is 0. The van der Waals surface area contributed by atoms with Crippen LogP contribution in [-0.4, -0.2) is 23.0 Å². The van der Waals surface area contributed by atoms with E-state index in [9.17, 15) is 15.0 Å². The van der Waals surface area contributed by atoms with Gasteiger partial charge in [-0.15, -0.1) is 0 Å². The normalized spacial score (nSPS) is 11.0. The van der Waals surface area contributed by atoms with E-state index in [-0.39, 0.29) is 11.5 Å². The Bertz CT molecular complexity index is 684. The maximum Gasteiger partial charge on any atom is 0.511 e. The smallest absolute Gasteiger partial charge is 0.504 e. The fourth-order valence-electron chi connectivity index (χ4n) is 4.40. The highest BCUT2D eigenvalue weighted by molar-refractivity contribution is 5.70. The Kier molecular flexibility index (Phi) is 15.5. The van der Waals surface area contributed by atoms with E-state index in [4.69, 9.17) is 9.47 Å². The van der Waals surface area contributed by atoms with Crippen LogP contribution in [0.2, 0.25) is 0 Å². The maximum atomic E-state index is 11.5. The van der Waals surface area contributed by atoms with Crippen molar-refractivity contribution in [2.75, 3.05) is 6.61 Å². The third-order valence-corrected chi connectivity index (χ3v) is 6.19. The molecule has 0 aliphatic heterocycles. The van der Waals surface area contributed by atoms with Gasteiger partial charge in [0, 0.05) is 11.1 Å². The Morgan fingerprint density at radius 3 is 1.58 bits per heavy atom. The van der Waals surface area contributed by atoms with Gasteiger partial charge < -0.3 is 19.7 Å². The van der Waals surface area contributed by atoms with Crippen molar-refractivity contribution < 1.29 is 24.5 Å². The highest BCUT2D eigenvalue weighted by Crippen LogP contribution is 2.47. The van der Waals surface area contributed by atoms with E-state index in [1.165, 1.54) is 24.8 Å². The standard InChI is InChI=1S/C28H48O5/c1-5-9-12-15-18-22-23(19-16-13-10-6-2)25(29)27(33-28(30)31)26(32-21-8-4)24(22)20-17-14-11-7-3/h29H,5-21H2,1-4H3,(H,30,31). The average Bonchev–Trinajstić information content (AvgIpc) is 2.79. The summed E-state index contributed by atoms with van der Waals surface area (Å²) in [6.45, 7) is 9.07. The molecule has 0 aliphatic carbocycles. The number of aromatic hydroxyl groups is 1. The number of unbranched alkanes of at least 4 members (excludes halogenated alkanes) is 9. The summed E-state index contributed by atoms with van der Waals surface area (Å²) in [6.07, 6.45) is 15.3. The molecular weight excluding hydrogens is 416 g/mol. The molecule has 190 valence electrons. The molecule has 5 nitrogen and oxygen atoms in total. The quantitative estimate of drug-likeness (QED) is 0.122. The molecule has 2 N–H and O–H groups in total. The number of benzene rings is 1. The second kappa shape index (κ2) is 17.6. The zero-order chi connectivity index (χ0) is 24.5. The van der Waals surface area contributed by atoms with E-state index in [0.29, 0.717) is 12.4 Å². The maximum absolute atomic E-state index is 11.5. The Morgan fingerprint density at radius 1 is 0.636 bits per heavy atom. The van der Waals surface area contributed by atoms with Crippen molar-refractivity contribution >= 4 is 6.16 Å². The molecule has 0 aromatic heterocycles. The average molecular weight is 465 g/mol. The number of rotatable bonds is 19. The van der Waals surface area contributed by atoms with Crippen LogP contribution in [0.3, 0.4) is 0 Å². The minimum atomic E-state index is -1.42. The lowest BCUT2D eigenvalue weighted by Gasteiger charge is -2.23. The molecule has 0 atom stereocenters. The van der Waals surface area contributed by atoms with E-state index in [2.05, 4.69) is 20.8 Å². The minimum Gasteiger partial charge on any atom is -0.504 e. The number of hydrogen-bond donors (Lipinski definition) is 2. The topological polar surface area (TPSA) is 76.0 Å². The summed E-state index contributed by atoms with van der Waals surface area (Å²) < 4.78 is 11.2. The van der Waals surface area contributed by atoms with Gasteiger partial charge in [0.1, 0.15) is 0 Å². The summed E-state index contributed by atoms with van der Waals surface area (Å²) in [5, 5.41) is 20.6. The monoisotopic (exact) mass is 464 g/mol. The van der Waals surface area contributed by atoms with E-state index < -0.39 is 6.16 Å². The Labute approximate surface area is 201 Å². The van der Waals surface area contributed by atoms with Crippen LogP contribution < -0.4 is 9.47 Å². The molecule has 0 radical (unpaired) electrons. The molecule has 1 aromatic carbocycles. The zero-order valence-electron chi connectivity index (χ0n) is 21.6. The van der Waals surface area contributed by atoms with Gasteiger partial charge >= 0.3 is 6.16 Å². The van der Waals surface area contributed by atoms with Gasteiger partial charge in [0.2, 0.25) is 5.75 Å². The number of phenols is 1. The van der Waals surface area contributed by atoms with Crippen molar-refractivity contribution in [1.82, 2.24) is 0 Å². The van der Waals surface area contributed by atoms with Crippen molar-refractivity contribution in [2.45, 2.75) is 130 Å². The van der Waals surface area contributed by atoms with Crippen molar-refractivity contribution in [3.8, 4) is 17.2 Å². The number of ether oxygens (including phenoxy) is 2. The lowest BCUT2D eigenvalue weighted by Crippen LogP contribution is -2.12. The molecule has 0 amide bonds. The SMILES string of the molecule is CCCCCCc1c(O)c(OC(=O)O)c(OCCC)c(CCCCCC)c1CCCCCC. The van der Waals surface area contributed by atoms with Crippen molar-refractivity contribution in [3.63, 3.8) is 0 Å². The van der Waals surface area contributed by atoms with E-state index in [1.54, 1.807) is 0 Å². The van der Waals surface area contributed by atoms with Crippen LogP contribution in [0.4, 0.5) is 4.79 Å². The first-order valence-electron chi connectivity index (χ1n) is 13.4. The van der Waals surface area contributed by atoms with E-state index in [0.717, 1.165) is 94.6 Å². The van der Waals surface area contributed by atoms with Gasteiger partial charge in [0.05, 0.1) is 6.61 Å². The molecule has 0 fully saturated rings. The second-order valence-electron chi connectivity index (χ2n) is 9.09. The summed E-state index contributed by atoms with van der Waals surface area (Å²) in [5.41, 5.74) is 3.09. The van der Waals surface area contributed by atoms with Gasteiger partial charge in [-0.2, -0.15) is 0 Å². The Hall–Kier alpha value is -1.91. The zero-order valence-corrected chi connectivity index (χ0v) is 21.6. The van der Waals surface area contributed by atoms with Crippen molar-refractivity contribution in [3.05, 3.63) is 16.7 Å². The summed E-state index contributed by atoms with van der Waals surface area (Å²) in [6, 6.07) is 0. The van der Waals surface area contributed by atoms with Crippen LogP contribution in [0.1, 0.15) is 128 Å². The predicted octanol–water partition coefficient (Wildman–Crippen LogP) is 8.61. The molecule has 0 bridgehead atoms. The molecule has 1 rings (SSSR count). The van der Waals surface area contributed by atoms with Crippen LogP contribution in [0.5, 0.6) is 17.2 Å². The third kappa shape index (κ3) is 10.3. The highest BCUT2D eigenvalue weighted by Gasteiger charge is 2.27. The van der Waals surface area contributed by atoms with Gasteiger partial charge in [0.25, 0.3) is 0 Å². The number of carboxylic acid groups (broad SMARTS) is 1. The lowest BCUT2D eigenvalue weighted by molar-refractivity contribution is 0.140. The molecule has 0 saturated heterocycles. The molecule has 5 heteroatoms. The first-order valence-corrected chi connectivity index (χ1v) is 13.4. The van der Waals surface area contributed by atoms with E-state index in [1.807, 2.05) is 6.92 Å². The van der Waals surface area contributed by atoms with Gasteiger partial charge in [-0.3, -0.25) is 0 Å². The fraction of sp³-hybridized carbons (Fsp3) is 0.750. The molecule has 0 saturated carbocycles. The first kappa shape index (κ1) is 29.1. The molecule has 1 aromatic rings. The van der Waals surface area contributed by atoms with Gasteiger partial charge in [0.15, 0.2) is 11.5 Å². The molecule has 33 heavy (non-hydrogen) atoms. The molecular formula is C28H48O5. The van der Waals surface area contributed by atoms with Crippen LogP contribution in [0.15, 0.2) is 0 Å². The van der Waals surface area contributed by atoms with Crippen molar-refractivity contribution in [1.29, 1.82) is 0 Å². The number of hydrogen-bond acceptors (Lipinski definition) is 4. The van der Waals surface area contributed by atoms with Crippen molar-refractivity contribution in [2.24, 2.45) is 0 Å². The largest absolute Gasteiger partial charge is 0.511 e. The second-order valence-corrected chi connectivity index (χ2v) is 9.09. The number of carbonyl (C=O) groups is 1. The van der Waals surface area contributed by atoms with Crippen LogP contribution in [0, 0.1) is 0 Å². The summed E-state index contributed by atoms with van der Waals surface area (Å²) in [5.74, 6) is 0.392. The molecule has 0 aliphatic rings.